The minimum Gasteiger partial charge on any atom is -0.455 e. The number of thiophene rings is 1. The molecule has 0 fully saturated rings. The first-order valence-electron chi connectivity index (χ1n) is 20.9. The molecule has 0 amide bonds. The van der Waals surface area contributed by atoms with Crippen molar-refractivity contribution in [3.8, 4) is 33.4 Å². The highest BCUT2D eigenvalue weighted by atomic mass is 32.1. The Kier molecular flexibility index (Phi) is 8.44. The summed E-state index contributed by atoms with van der Waals surface area (Å²) in [6.07, 6.45) is 6.48. The zero-order chi connectivity index (χ0) is 40.3. The van der Waals surface area contributed by atoms with Crippen LogP contribution < -0.4 is 4.90 Å². The average molecular weight is 796 g/mol. The molecule has 0 spiro atoms. The fourth-order valence-electron chi connectivity index (χ4n) is 9.31. The van der Waals surface area contributed by atoms with Gasteiger partial charge in [-0.25, -0.2) is 0 Å². The van der Waals surface area contributed by atoms with E-state index in [0.29, 0.717) is 0 Å². The van der Waals surface area contributed by atoms with E-state index >= 15 is 0 Å². The van der Waals surface area contributed by atoms with Gasteiger partial charge in [-0.3, -0.25) is 0 Å². The summed E-state index contributed by atoms with van der Waals surface area (Å²) in [6, 6.07) is 74.6. The third kappa shape index (κ3) is 6.12. The van der Waals surface area contributed by atoms with Gasteiger partial charge < -0.3 is 9.32 Å². The Morgan fingerprint density at radius 1 is 0.492 bits per heavy atom. The summed E-state index contributed by atoms with van der Waals surface area (Å²) < 4.78 is 9.02. The molecule has 2 aromatic heterocycles. The van der Waals surface area contributed by atoms with Crippen LogP contribution in [0.2, 0.25) is 0 Å². The van der Waals surface area contributed by atoms with Gasteiger partial charge in [0.2, 0.25) is 0 Å². The Morgan fingerprint density at radius 2 is 1.18 bits per heavy atom. The van der Waals surface area contributed by atoms with Crippen LogP contribution in [-0.4, -0.2) is 0 Å². The molecular weight excluding hydrogens is 759 g/mol. The van der Waals surface area contributed by atoms with Gasteiger partial charge in [-0.1, -0.05) is 158 Å². The predicted molar refractivity (Wildman–Crippen MR) is 258 cm³/mol. The first kappa shape index (κ1) is 35.3. The first-order chi connectivity index (χ1) is 30.2. The van der Waals surface area contributed by atoms with Crippen LogP contribution in [0.3, 0.4) is 0 Å². The third-order valence-electron chi connectivity index (χ3n) is 12.3. The molecule has 0 saturated heterocycles. The van der Waals surface area contributed by atoms with E-state index < -0.39 is 0 Å². The highest BCUT2D eigenvalue weighted by Crippen LogP contribution is 2.45. The van der Waals surface area contributed by atoms with Crippen LogP contribution in [0.15, 0.2) is 210 Å². The maximum atomic E-state index is 6.35. The molecule has 1 aliphatic rings. The van der Waals surface area contributed by atoms with Gasteiger partial charge in [0.1, 0.15) is 11.2 Å². The number of anilines is 2. The zero-order valence-electron chi connectivity index (χ0n) is 33.2. The largest absolute Gasteiger partial charge is 0.455 e. The highest BCUT2D eigenvalue weighted by Gasteiger charge is 2.23. The molecule has 11 aromatic rings. The van der Waals surface area contributed by atoms with E-state index in [9.17, 15) is 0 Å². The van der Waals surface area contributed by atoms with Crippen LogP contribution in [0, 0.1) is 12.1 Å². The predicted octanol–water partition coefficient (Wildman–Crippen LogP) is 16.6. The summed E-state index contributed by atoms with van der Waals surface area (Å²) in [5.74, 6) is 0. The van der Waals surface area contributed by atoms with Crippen molar-refractivity contribution in [1.82, 2.24) is 0 Å². The van der Waals surface area contributed by atoms with E-state index in [-0.39, 0.29) is 0 Å². The van der Waals surface area contributed by atoms with Gasteiger partial charge in [0.05, 0.1) is 5.69 Å². The van der Waals surface area contributed by atoms with Gasteiger partial charge in [-0.15, -0.1) is 11.3 Å². The molecule has 0 bridgehead atoms. The van der Waals surface area contributed by atoms with Gasteiger partial charge in [0.15, 0.2) is 0 Å². The summed E-state index contributed by atoms with van der Waals surface area (Å²) >= 11 is 1.88. The monoisotopic (exact) mass is 795 g/mol. The molecule has 286 valence electrons. The van der Waals surface area contributed by atoms with Crippen molar-refractivity contribution in [2.75, 3.05) is 4.90 Å². The quantitative estimate of drug-likeness (QED) is 0.160. The number of rotatable bonds is 7. The molecule has 2 heterocycles. The fourth-order valence-corrected chi connectivity index (χ4v) is 10.5. The van der Waals surface area contributed by atoms with Gasteiger partial charge in [0.25, 0.3) is 0 Å². The summed E-state index contributed by atoms with van der Waals surface area (Å²) in [5.41, 5.74) is 14.6. The maximum Gasteiger partial charge on any atom is 0.145 e. The number of fused-ring (bicyclic) bond motifs is 7. The standard InChI is InChI=1S/C58H37NOS/c1-2-13-41-36-43(25-24-38(41)12-1)47-15-4-3-14-46(47)40-28-33-45(34-29-40)59(44-31-26-39(27-32-44)42-30-35-50-49-17-7-10-23-56(49)61-57(50)37-42)53-20-8-5-16-48(53)51-19-11-22-55-58(51)52-18-6-9-21-54(52)60-55/h1-10,12-18,20-26,28-31,33-37H,27,32H2. The number of hydrogen-bond donors (Lipinski definition) is 0. The van der Waals surface area contributed by atoms with Crippen molar-refractivity contribution in [3.05, 3.63) is 224 Å². The van der Waals surface area contributed by atoms with Crippen LogP contribution in [0.5, 0.6) is 0 Å². The SMILES string of the molecule is c1cc2oc3ccccc3c2c(-c2ccccc2N(C2=CC=C(c3ccc4c(c3)sc3ccccc34)CC2)c2ccc(-c3ccccc3-c3ccc4ccccc4c3)cc2)c#1. The molecule has 9 aromatic carbocycles. The molecule has 3 heteroatoms. The van der Waals surface area contributed by atoms with E-state index in [4.69, 9.17) is 4.42 Å². The van der Waals surface area contributed by atoms with E-state index in [2.05, 4.69) is 199 Å². The van der Waals surface area contributed by atoms with Crippen LogP contribution in [0.4, 0.5) is 11.4 Å². The van der Waals surface area contributed by atoms with Gasteiger partial charge >= 0.3 is 0 Å². The third-order valence-corrected chi connectivity index (χ3v) is 13.4. The lowest BCUT2D eigenvalue weighted by Crippen LogP contribution is -2.18. The van der Waals surface area contributed by atoms with Crippen molar-refractivity contribution in [2.24, 2.45) is 0 Å². The number of hydrogen-bond acceptors (Lipinski definition) is 3. The second kappa shape index (κ2) is 14.6. The summed E-state index contributed by atoms with van der Waals surface area (Å²) in [7, 11) is 0. The molecule has 0 atom stereocenters. The minimum atomic E-state index is 0.811. The summed E-state index contributed by atoms with van der Waals surface area (Å²) in [6.45, 7) is 0. The van der Waals surface area contributed by atoms with E-state index in [1.807, 2.05) is 29.5 Å². The van der Waals surface area contributed by atoms with Crippen molar-refractivity contribution >= 4 is 81.2 Å². The number of furan rings is 1. The Hall–Kier alpha value is -7.64. The Bertz CT molecular complexity index is 3550. The maximum absolute atomic E-state index is 6.35. The summed E-state index contributed by atoms with van der Waals surface area (Å²) in [5, 5.41) is 7.29. The molecule has 0 saturated carbocycles. The molecule has 0 aliphatic heterocycles. The molecule has 2 nitrogen and oxygen atoms in total. The number of allylic oxidation sites excluding steroid dienone is 4. The molecule has 1 aliphatic carbocycles. The van der Waals surface area contributed by atoms with Crippen molar-refractivity contribution in [3.63, 3.8) is 0 Å². The first-order valence-corrected chi connectivity index (χ1v) is 21.7. The normalized spacial score (nSPS) is 12.9. The van der Waals surface area contributed by atoms with Gasteiger partial charge in [-0.05, 0) is 106 Å². The molecule has 12 rings (SSSR count). The smallest absolute Gasteiger partial charge is 0.145 e. The second-order valence-electron chi connectivity index (χ2n) is 15.8. The van der Waals surface area contributed by atoms with Crippen molar-refractivity contribution < 1.29 is 4.42 Å². The Balaban J connectivity index is 0.983. The van der Waals surface area contributed by atoms with E-state index in [1.165, 1.54) is 70.0 Å². The number of benzene rings is 8. The van der Waals surface area contributed by atoms with Crippen molar-refractivity contribution in [2.45, 2.75) is 12.8 Å². The lowest BCUT2D eigenvalue weighted by Gasteiger charge is -2.31. The van der Waals surface area contributed by atoms with Crippen LogP contribution >= 0.6 is 11.3 Å². The van der Waals surface area contributed by atoms with Gasteiger partial charge in [-0.2, -0.15) is 0 Å². The van der Waals surface area contributed by atoms with E-state index in [1.54, 1.807) is 0 Å². The molecule has 0 radical (unpaired) electrons. The highest BCUT2D eigenvalue weighted by molar-refractivity contribution is 7.25. The molecular formula is C58H37NOS. The number of nitrogens with zero attached hydrogens (tertiary/aromatic N) is 1. The van der Waals surface area contributed by atoms with Gasteiger partial charge in [0, 0.05) is 59.5 Å². The molecule has 0 unspecified atom stereocenters. The minimum absolute atomic E-state index is 0.811. The lowest BCUT2D eigenvalue weighted by molar-refractivity contribution is 0.669. The van der Waals surface area contributed by atoms with E-state index in [0.717, 1.165) is 57.3 Å². The Morgan fingerprint density at radius 3 is 2.03 bits per heavy atom. The molecule has 0 N–H and O–H groups in total. The lowest BCUT2D eigenvalue weighted by atomic mass is 9.92. The second-order valence-corrected chi connectivity index (χ2v) is 16.9. The topological polar surface area (TPSA) is 16.4 Å². The van der Waals surface area contributed by atoms with Crippen LogP contribution in [0.1, 0.15) is 18.4 Å². The average Bonchev–Trinajstić information content (AvgIpc) is 3.90. The van der Waals surface area contributed by atoms with Crippen LogP contribution in [0.25, 0.3) is 91.8 Å². The Labute approximate surface area is 358 Å². The van der Waals surface area contributed by atoms with Crippen molar-refractivity contribution in [1.29, 1.82) is 0 Å². The fraction of sp³-hybridized carbons (Fsp3) is 0.0345. The van der Waals surface area contributed by atoms with Crippen LogP contribution in [-0.2, 0) is 0 Å². The molecule has 61 heavy (non-hydrogen) atoms. The zero-order valence-corrected chi connectivity index (χ0v) is 34.0. The summed E-state index contributed by atoms with van der Waals surface area (Å²) in [4.78, 5) is 2.45. The number of para-hydroxylation sites is 2.